The number of aliphatic carboxylic acids is 1. The van der Waals surface area contributed by atoms with E-state index in [2.05, 4.69) is 30.0 Å². The average molecular weight is 393 g/mol. The molecule has 7 nitrogen and oxygen atoms in total. The van der Waals surface area contributed by atoms with Crippen LogP contribution in [-0.4, -0.2) is 70.4 Å². The lowest BCUT2D eigenvalue weighted by Gasteiger charge is -2.53. The Hall–Kier alpha value is -1.65. The molecule has 0 bridgehead atoms. The third-order valence-electron chi connectivity index (χ3n) is 4.64. The molecule has 10 heteroatoms. The average Bonchev–Trinajstić information content (AvgIpc) is 3.02. The van der Waals surface area contributed by atoms with Gasteiger partial charge < -0.3 is 14.6 Å². The highest BCUT2D eigenvalue weighted by Crippen LogP contribution is 2.35. The van der Waals surface area contributed by atoms with Gasteiger partial charge in [-0.15, -0.1) is 0 Å². The molecular weight excluding hydrogens is 367 g/mol. The number of alkyl halides is 3. The molecule has 2 aliphatic rings. The van der Waals surface area contributed by atoms with Crippen molar-refractivity contribution in [3.05, 3.63) is 18.0 Å². The van der Waals surface area contributed by atoms with Gasteiger partial charge in [0.25, 0.3) is 0 Å². The number of ether oxygens (including phenoxy) is 2. The first kappa shape index (κ1) is 21.6. The number of hydrogen-bond acceptors (Lipinski definition) is 5. The molecule has 1 aromatic rings. The number of hydrogen-bond donors (Lipinski definition) is 1. The molecule has 27 heavy (non-hydrogen) atoms. The molecule has 154 valence electrons. The van der Waals surface area contributed by atoms with Crippen LogP contribution in [0.2, 0.25) is 0 Å². The molecule has 1 atom stereocenters. The predicted octanol–water partition coefficient (Wildman–Crippen LogP) is 2.48. The van der Waals surface area contributed by atoms with Gasteiger partial charge in [-0.3, -0.25) is 9.58 Å². The van der Waals surface area contributed by atoms with Crippen LogP contribution < -0.4 is 0 Å². The van der Waals surface area contributed by atoms with Gasteiger partial charge in [0.1, 0.15) is 0 Å². The van der Waals surface area contributed by atoms with Crippen LogP contribution in [-0.2, 0) is 20.8 Å². The second-order valence-electron chi connectivity index (χ2n) is 7.25. The lowest BCUT2D eigenvalue weighted by Crippen LogP contribution is -2.65. The number of aromatic nitrogens is 2. The van der Waals surface area contributed by atoms with Gasteiger partial charge in [0.2, 0.25) is 0 Å². The van der Waals surface area contributed by atoms with E-state index in [-0.39, 0.29) is 5.60 Å². The Morgan fingerprint density at radius 1 is 1.48 bits per heavy atom. The number of halogens is 3. The number of nitrogens with zero attached hydrogens (tertiary/aromatic N) is 3. The highest BCUT2D eigenvalue weighted by molar-refractivity contribution is 5.73. The molecule has 0 aromatic carbocycles. The second kappa shape index (κ2) is 8.57. The van der Waals surface area contributed by atoms with Crippen molar-refractivity contribution in [2.75, 3.05) is 26.8 Å². The van der Waals surface area contributed by atoms with Crippen molar-refractivity contribution in [3.63, 3.8) is 0 Å². The number of rotatable bonds is 4. The van der Waals surface area contributed by atoms with Crippen molar-refractivity contribution in [3.8, 4) is 0 Å². The van der Waals surface area contributed by atoms with Gasteiger partial charge in [-0.25, -0.2) is 4.79 Å². The summed E-state index contributed by atoms with van der Waals surface area (Å²) in [5.74, 6) is -2.76. The monoisotopic (exact) mass is 393 g/mol. The Labute approximate surface area is 156 Å². The van der Waals surface area contributed by atoms with E-state index in [1.165, 1.54) is 5.56 Å². The van der Waals surface area contributed by atoms with Gasteiger partial charge in [-0.2, -0.15) is 18.3 Å². The summed E-state index contributed by atoms with van der Waals surface area (Å²) in [5, 5.41) is 11.5. The summed E-state index contributed by atoms with van der Waals surface area (Å²) in [4.78, 5) is 11.3. The number of carbonyl (C=O) groups is 1. The van der Waals surface area contributed by atoms with E-state index >= 15 is 0 Å². The van der Waals surface area contributed by atoms with E-state index in [4.69, 9.17) is 19.4 Å². The van der Waals surface area contributed by atoms with E-state index in [0.29, 0.717) is 12.1 Å². The molecular formula is C17H26F3N3O4. The zero-order chi connectivity index (χ0) is 20.2. The molecule has 3 heterocycles. The summed E-state index contributed by atoms with van der Waals surface area (Å²) < 4.78 is 45.2. The van der Waals surface area contributed by atoms with E-state index < -0.39 is 12.1 Å². The minimum atomic E-state index is -5.08. The van der Waals surface area contributed by atoms with Crippen LogP contribution in [0.15, 0.2) is 12.4 Å². The van der Waals surface area contributed by atoms with Gasteiger partial charge in [0.15, 0.2) is 0 Å². The summed E-state index contributed by atoms with van der Waals surface area (Å²) in [7, 11) is 1.81. The largest absolute Gasteiger partial charge is 0.490 e. The standard InChI is InChI=1S/C15H25N3O2.C2HF3O2/c1-12(2)18-9-13(7-16-18)8-17-10-15(11-17)6-14(19-3)4-5-20-15;3-2(4,5)1(6)7/h7,9,12,14H,4-6,8,10-11H2,1-3H3;(H,6,7). The fraction of sp³-hybridized carbons (Fsp3) is 0.765. The quantitative estimate of drug-likeness (QED) is 0.847. The minimum Gasteiger partial charge on any atom is -0.475 e. The number of likely N-dealkylation sites (tertiary alicyclic amines) is 1. The third-order valence-corrected chi connectivity index (χ3v) is 4.64. The van der Waals surface area contributed by atoms with Crippen molar-refractivity contribution >= 4 is 5.97 Å². The fourth-order valence-electron chi connectivity index (χ4n) is 3.28. The smallest absolute Gasteiger partial charge is 0.475 e. The molecule has 0 amide bonds. The molecule has 1 unspecified atom stereocenters. The van der Waals surface area contributed by atoms with Gasteiger partial charge in [-0.05, 0) is 20.3 Å². The number of carboxylic acids is 1. The molecule has 2 saturated heterocycles. The maximum atomic E-state index is 10.6. The molecule has 1 aromatic heterocycles. The molecule has 1 spiro atoms. The molecule has 0 saturated carbocycles. The van der Waals surface area contributed by atoms with E-state index in [1.807, 2.05) is 10.9 Å². The lowest BCUT2D eigenvalue weighted by atomic mass is 9.84. The summed E-state index contributed by atoms with van der Waals surface area (Å²) in [6.07, 6.45) is 1.47. The van der Waals surface area contributed by atoms with E-state index in [0.717, 1.165) is 39.1 Å². The summed E-state index contributed by atoms with van der Waals surface area (Å²) in [6, 6.07) is 0.427. The Morgan fingerprint density at radius 2 is 2.11 bits per heavy atom. The fourth-order valence-corrected chi connectivity index (χ4v) is 3.28. The van der Waals surface area contributed by atoms with Crippen LogP contribution in [0.4, 0.5) is 13.2 Å². The summed E-state index contributed by atoms with van der Waals surface area (Å²) in [5.41, 5.74) is 1.33. The molecule has 0 aliphatic carbocycles. The second-order valence-corrected chi connectivity index (χ2v) is 7.25. The molecule has 1 N–H and O–H groups in total. The van der Waals surface area contributed by atoms with Crippen molar-refractivity contribution in [1.29, 1.82) is 0 Å². The van der Waals surface area contributed by atoms with Crippen LogP contribution in [0.25, 0.3) is 0 Å². The van der Waals surface area contributed by atoms with Crippen molar-refractivity contribution < 1.29 is 32.5 Å². The Kier molecular flexibility index (Phi) is 6.87. The first-order chi connectivity index (χ1) is 12.5. The van der Waals surface area contributed by atoms with Gasteiger partial charge in [0.05, 0.1) is 17.9 Å². The van der Waals surface area contributed by atoms with Gasteiger partial charge in [-0.1, -0.05) is 0 Å². The van der Waals surface area contributed by atoms with E-state index in [9.17, 15) is 13.2 Å². The first-order valence-corrected chi connectivity index (χ1v) is 8.77. The molecule has 2 aliphatic heterocycles. The first-order valence-electron chi connectivity index (χ1n) is 8.77. The topological polar surface area (TPSA) is 76.8 Å². The summed E-state index contributed by atoms with van der Waals surface area (Å²) >= 11 is 0. The van der Waals surface area contributed by atoms with E-state index in [1.54, 1.807) is 7.11 Å². The SMILES string of the molecule is COC1CCOC2(C1)CN(Cc1cnn(C(C)C)c1)C2.O=C(O)C(F)(F)F. The molecule has 2 fully saturated rings. The van der Waals surface area contributed by atoms with Crippen LogP contribution in [0, 0.1) is 0 Å². The highest BCUT2D eigenvalue weighted by atomic mass is 19.4. The van der Waals surface area contributed by atoms with Crippen molar-refractivity contribution in [2.24, 2.45) is 0 Å². The normalized spacial score (nSPS) is 22.3. The van der Waals surface area contributed by atoms with Crippen LogP contribution in [0.3, 0.4) is 0 Å². The Balaban J connectivity index is 0.000000321. The Morgan fingerprint density at radius 3 is 2.59 bits per heavy atom. The molecule has 3 rings (SSSR count). The maximum Gasteiger partial charge on any atom is 0.490 e. The van der Waals surface area contributed by atoms with Gasteiger partial charge in [0, 0.05) is 57.6 Å². The van der Waals surface area contributed by atoms with Crippen LogP contribution in [0.5, 0.6) is 0 Å². The van der Waals surface area contributed by atoms with Crippen molar-refractivity contribution in [1.82, 2.24) is 14.7 Å². The maximum absolute atomic E-state index is 10.6. The van der Waals surface area contributed by atoms with Crippen LogP contribution >= 0.6 is 0 Å². The zero-order valence-electron chi connectivity index (χ0n) is 15.7. The van der Waals surface area contributed by atoms with Crippen molar-refractivity contribution in [2.45, 2.75) is 57.2 Å². The van der Waals surface area contributed by atoms with Gasteiger partial charge >= 0.3 is 12.1 Å². The number of carboxylic acid groups (broad SMARTS) is 1. The molecule has 0 radical (unpaired) electrons. The number of methoxy groups -OCH3 is 1. The minimum absolute atomic E-state index is 0.0486. The lowest BCUT2D eigenvalue weighted by molar-refractivity contribution is -0.195. The third kappa shape index (κ3) is 5.91. The van der Waals surface area contributed by atoms with Crippen LogP contribution in [0.1, 0.15) is 38.3 Å². The predicted molar refractivity (Wildman–Crippen MR) is 90.3 cm³/mol. The highest BCUT2D eigenvalue weighted by Gasteiger charge is 2.47. The Bertz CT molecular complexity index is 627. The summed E-state index contributed by atoms with van der Waals surface area (Å²) in [6.45, 7) is 8.12. The zero-order valence-corrected chi connectivity index (χ0v) is 15.7.